The molecule has 0 spiro atoms. The van der Waals surface area contributed by atoms with Crippen LogP contribution in [0.4, 0.5) is 9.93 Å². The summed E-state index contributed by atoms with van der Waals surface area (Å²) in [7, 11) is -1.17. The third kappa shape index (κ3) is 5.46. The van der Waals surface area contributed by atoms with Gasteiger partial charge in [0.1, 0.15) is 17.9 Å². The monoisotopic (exact) mass is 539 g/mol. The minimum Gasteiger partial charge on any atom is -0.361 e. The van der Waals surface area contributed by atoms with E-state index in [2.05, 4.69) is 51.6 Å². The molecule has 0 aromatic carbocycles. The molecule has 0 unspecified atom stereocenters. The van der Waals surface area contributed by atoms with Crippen LogP contribution in [0.3, 0.4) is 0 Å². The molecule has 4 aromatic heterocycles. The normalized spacial score (nSPS) is 18.5. The first-order valence-electron chi connectivity index (χ1n) is 12.6. The largest absolute Gasteiger partial charge is 0.361 e. The number of piperidine rings is 1. The fourth-order valence-corrected chi connectivity index (χ4v) is 6.00. The zero-order valence-electron chi connectivity index (χ0n) is 21.7. The molecule has 0 aliphatic carbocycles. The standard InChI is InChI=1S/C25H33N7O3SSi/c1-17-5-8-30(25(34)28-24-29-27-15-36-24)14-20(17)32-10-7-21(33)19-13-26-23-18(22(19)32)6-9-31(23)16-35-11-12-37(2,3)4/h6-7,9-10,13,15,17,20H,5,8,11-12,14,16H2,1-4H3,(H,28,29,34)/t17-,20+/m1/s1. The number of carbonyl (C=O) groups is 1. The highest BCUT2D eigenvalue weighted by Crippen LogP contribution is 2.33. The van der Waals surface area contributed by atoms with Crippen LogP contribution in [-0.4, -0.2) is 63.0 Å². The summed E-state index contributed by atoms with van der Waals surface area (Å²) in [5.41, 5.74) is 3.16. The van der Waals surface area contributed by atoms with Crippen LogP contribution in [0.25, 0.3) is 21.9 Å². The van der Waals surface area contributed by atoms with Gasteiger partial charge in [0, 0.05) is 57.8 Å². The molecule has 5 heterocycles. The van der Waals surface area contributed by atoms with Crippen molar-refractivity contribution in [2.45, 2.75) is 51.8 Å². The molecular formula is C25H33N7O3SSi. The Morgan fingerprint density at radius 1 is 1.24 bits per heavy atom. The summed E-state index contributed by atoms with van der Waals surface area (Å²) in [6.07, 6.45) is 6.35. The van der Waals surface area contributed by atoms with Crippen LogP contribution in [0.2, 0.25) is 25.7 Å². The summed E-state index contributed by atoms with van der Waals surface area (Å²) >= 11 is 1.29. The maximum atomic E-state index is 12.9. The predicted molar refractivity (Wildman–Crippen MR) is 149 cm³/mol. The van der Waals surface area contributed by atoms with Gasteiger partial charge < -0.3 is 18.8 Å². The third-order valence-electron chi connectivity index (χ3n) is 7.03. The lowest BCUT2D eigenvalue weighted by atomic mass is 9.92. The highest BCUT2D eigenvalue weighted by Gasteiger charge is 2.31. The molecule has 1 aliphatic rings. The van der Waals surface area contributed by atoms with Gasteiger partial charge in [-0.3, -0.25) is 10.1 Å². The van der Waals surface area contributed by atoms with Crippen molar-refractivity contribution < 1.29 is 9.53 Å². The van der Waals surface area contributed by atoms with Crippen molar-refractivity contribution in [1.29, 1.82) is 0 Å². The Bertz CT molecular complexity index is 1460. The number of aromatic nitrogens is 5. The molecule has 0 radical (unpaired) electrons. The number of hydrogen-bond acceptors (Lipinski definition) is 7. The van der Waals surface area contributed by atoms with Crippen LogP contribution in [0.1, 0.15) is 19.4 Å². The number of likely N-dealkylation sites (tertiary alicyclic amines) is 1. The number of urea groups is 1. The van der Waals surface area contributed by atoms with Crippen molar-refractivity contribution in [1.82, 2.24) is 29.2 Å². The quantitative estimate of drug-likeness (QED) is 0.271. The lowest BCUT2D eigenvalue weighted by molar-refractivity contribution is 0.0899. The Hall–Kier alpha value is -3.09. The topological polar surface area (TPSA) is 107 Å². The molecule has 37 heavy (non-hydrogen) atoms. The van der Waals surface area contributed by atoms with E-state index in [0.29, 0.717) is 36.3 Å². The van der Waals surface area contributed by atoms with Gasteiger partial charge in [0.05, 0.1) is 16.9 Å². The SMILES string of the molecule is C[C@@H]1CCN(C(=O)Nc2nncs2)C[C@@H]1n1ccc(=O)c2cnc3c(ccn3COCC[Si](C)(C)C)c21. The van der Waals surface area contributed by atoms with Crippen LogP contribution in [0.15, 0.2) is 41.0 Å². The van der Waals surface area contributed by atoms with Crippen LogP contribution >= 0.6 is 11.3 Å². The summed E-state index contributed by atoms with van der Waals surface area (Å²) in [6, 6.07) is 4.52. The van der Waals surface area contributed by atoms with Crippen molar-refractivity contribution in [2.75, 3.05) is 25.0 Å². The van der Waals surface area contributed by atoms with E-state index >= 15 is 0 Å². The number of carbonyl (C=O) groups excluding carboxylic acids is 1. The number of nitrogens with zero attached hydrogens (tertiary/aromatic N) is 6. The third-order valence-corrected chi connectivity index (χ3v) is 9.35. The van der Waals surface area contributed by atoms with Gasteiger partial charge in [-0.15, -0.1) is 10.2 Å². The first kappa shape index (κ1) is 25.6. The molecule has 0 bridgehead atoms. The number of amides is 2. The van der Waals surface area contributed by atoms with Gasteiger partial charge >= 0.3 is 6.03 Å². The average molecular weight is 540 g/mol. The zero-order chi connectivity index (χ0) is 26.2. The molecule has 12 heteroatoms. The van der Waals surface area contributed by atoms with Crippen molar-refractivity contribution in [3.8, 4) is 0 Å². The second kappa shape index (κ2) is 10.3. The van der Waals surface area contributed by atoms with E-state index in [1.165, 1.54) is 11.3 Å². The van der Waals surface area contributed by atoms with Gasteiger partial charge in [0.25, 0.3) is 0 Å². The van der Waals surface area contributed by atoms with Gasteiger partial charge in [0.15, 0.2) is 5.43 Å². The number of hydrogen-bond donors (Lipinski definition) is 1. The van der Waals surface area contributed by atoms with E-state index < -0.39 is 8.07 Å². The molecule has 5 rings (SSSR count). The second-order valence-electron chi connectivity index (χ2n) is 10.9. The summed E-state index contributed by atoms with van der Waals surface area (Å²) in [5.74, 6) is 0.312. The number of fused-ring (bicyclic) bond motifs is 3. The van der Waals surface area contributed by atoms with Crippen molar-refractivity contribution >= 4 is 52.5 Å². The minimum absolute atomic E-state index is 0.000959. The van der Waals surface area contributed by atoms with Gasteiger partial charge in [0.2, 0.25) is 5.13 Å². The summed E-state index contributed by atoms with van der Waals surface area (Å²) in [6.45, 7) is 11.5. The highest BCUT2D eigenvalue weighted by atomic mass is 32.1. The number of rotatable bonds is 7. The molecule has 2 atom stereocenters. The maximum Gasteiger partial charge on any atom is 0.323 e. The Labute approximate surface area is 220 Å². The molecule has 10 nitrogen and oxygen atoms in total. The second-order valence-corrected chi connectivity index (χ2v) is 17.4. The molecule has 4 aromatic rings. The zero-order valence-corrected chi connectivity index (χ0v) is 23.5. The van der Waals surface area contributed by atoms with Crippen LogP contribution < -0.4 is 10.7 Å². The van der Waals surface area contributed by atoms with Crippen molar-refractivity contribution in [3.63, 3.8) is 0 Å². The van der Waals surface area contributed by atoms with Gasteiger partial charge in [-0.25, -0.2) is 9.78 Å². The number of pyridine rings is 2. The van der Waals surface area contributed by atoms with Crippen LogP contribution in [-0.2, 0) is 11.5 Å². The Balaban J connectivity index is 1.46. The molecule has 1 N–H and O–H groups in total. The molecule has 1 aliphatic heterocycles. The van der Waals surface area contributed by atoms with Crippen molar-refractivity contribution in [2.24, 2.45) is 5.92 Å². The van der Waals surface area contributed by atoms with E-state index in [4.69, 9.17) is 4.74 Å². The van der Waals surface area contributed by atoms with Crippen LogP contribution in [0, 0.1) is 5.92 Å². The molecule has 1 saturated heterocycles. The Kier molecular flexibility index (Phi) is 7.14. The Morgan fingerprint density at radius 3 is 2.84 bits per heavy atom. The van der Waals surface area contributed by atoms with E-state index in [1.54, 1.807) is 17.8 Å². The van der Waals surface area contributed by atoms with E-state index in [-0.39, 0.29) is 17.5 Å². The maximum absolute atomic E-state index is 12.9. The van der Waals surface area contributed by atoms with Gasteiger partial charge in [-0.2, -0.15) is 0 Å². The fourth-order valence-electron chi connectivity index (χ4n) is 4.81. The van der Waals surface area contributed by atoms with Gasteiger partial charge in [-0.05, 0) is 24.4 Å². The molecule has 1 fully saturated rings. The predicted octanol–water partition coefficient (Wildman–Crippen LogP) is 4.63. The summed E-state index contributed by atoms with van der Waals surface area (Å²) in [4.78, 5) is 32.2. The fraction of sp³-hybridized carbons (Fsp3) is 0.480. The first-order valence-corrected chi connectivity index (χ1v) is 17.2. The number of anilines is 1. The molecular weight excluding hydrogens is 506 g/mol. The minimum atomic E-state index is -1.17. The molecule has 0 saturated carbocycles. The summed E-state index contributed by atoms with van der Waals surface area (Å²) < 4.78 is 10.1. The molecule has 2 amide bonds. The lowest BCUT2D eigenvalue weighted by Gasteiger charge is -2.38. The smallest absolute Gasteiger partial charge is 0.323 e. The highest BCUT2D eigenvalue weighted by molar-refractivity contribution is 7.13. The van der Waals surface area contributed by atoms with E-state index in [9.17, 15) is 9.59 Å². The summed E-state index contributed by atoms with van der Waals surface area (Å²) in [5, 5.41) is 12.5. The lowest BCUT2D eigenvalue weighted by Crippen LogP contribution is -2.45. The number of nitrogens with one attached hydrogen (secondary N) is 1. The van der Waals surface area contributed by atoms with Crippen molar-refractivity contribution in [3.05, 3.63) is 46.5 Å². The first-order chi connectivity index (χ1) is 17.7. The van der Waals surface area contributed by atoms with Crippen LogP contribution in [0.5, 0.6) is 0 Å². The molecule has 196 valence electrons. The van der Waals surface area contributed by atoms with E-state index in [0.717, 1.165) is 35.6 Å². The van der Waals surface area contributed by atoms with Gasteiger partial charge in [-0.1, -0.05) is 37.9 Å². The average Bonchev–Trinajstić information content (AvgIpc) is 3.52. The number of ether oxygens (including phenoxy) is 1. The Morgan fingerprint density at radius 2 is 2.08 bits per heavy atom. The van der Waals surface area contributed by atoms with E-state index in [1.807, 2.05) is 27.9 Å².